The van der Waals surface area contributed by atoms with E-state index >= 15 is 0 Å². The van der Waals surface area contributed by atoms with Crippen molar-refractivity contribution in [2.75, 3.05) is 47.5 Å². The number of ether oxygens (including phenoxy) is 2. The van der Waals surface area contributed by atoms with E-state index in [2.05, 4.69) is 86.8 Å². The van der Waals surface area contributed by atoms with Crippen molar-refractivity contribution in [1.82, 2.24) is 0 Å². The van der Waals surface area contributed by atoms with Crippen molar-refractivity contribution in [1.29, 1.82) is 0 Å². The molecule has 0 saturated carbocycles. The average Bonchev–Trinajstić information content (AvgIpc) is 3.60. The van der Waals surface area contributed by atoms with Gasteiger partial charge in [0.05, 0.1) is 27.7 Å². The fourth-order valence-corrected chi connectivity index (χ4v) is 11.9. The number of quaternary nitrogens is 1. The molecule has 10 heteroatoms. The lowest BCUT2D eigenvalue weighted by Crippen LogP contribution is -2.37. The minimum absolute atomic E-state index is 0.0332. The third-order valence-corrected chi connectivity index (χ3v) is 18.0. The number of rotatable bonds is 71. The number of carbonyl (C=O) groups is 2. The van der Waals surface area contributed by atoms with Crippen molar-refractivity contribution in [3.05, 3.63) is 72.9 Å². The van der Waals surface area contributed by atoms with Gasteiger partial charge < -0.3 is 18.9 Å². The molecule has 1 N–H and O–H groups in total. The molecule has 89 heavy (non-hydrogen) atoms. The van der Waals surface area contributed by atoms with E-state index in [-0.39, 0.29) is 25.6 Å². The number of hydrogen-bond donors (Lipinski definition) is 1. The van der Waals surface area contributed by atoms with Crippen LogP contribution in [0.15, 0.2) is 72.9 Å². The third kappa shape index (κ3) is 74.4. The number of esters is 2. The zero-order chi connectivity index (χ0) is 64.8. The van der Waals surface area contributed by atoms with Crippen molar-refractivity contribution >= 4 is 19.8 Å². The molecule has 0 amide bonds. The highest BCUT2D eigenvalue weighted by Gasteiger charge is 2.27. The predicted octanol–water partition coefficient (Wildman–Crippen LogP) is 25.1. The van der Waals surface area contributed by atoms with Gasteiger partial charge in [-0.1, -0.05) is 363 Å². The smallest absolute Gasteiger partial charge is 0.462 e. The summed E-state index contributed by atoms with van der Waals surface area (Å²) < 4.78 is 34.8. The van der Waals surface area contributed by atoms with E-state index in [4.69, 9.17) is 18.5 Å². The van der Waals surface area contributed by atoms with Gasteiger partial charge in [0.25, 0.3) is 0 Å². The van der Waals surface area contributed by atoms with E-state index in [1.807, 2.05) is 21.1 Å². The Labute approximate surface area is 552 Å². The van der Waals surface area contributed by atoms with Gasteiger partial charge >= 0.3 is 19.8 Å². The Balaban J connectivity index is 3.96. The number of phosphoric acid groups is 1. The maximum Gasteiger partial charge on any atom is 0.472 e. The molecule has 0 rings (SSSR count). The molecule has 0 radical (unpaired) electrons. The lowest BCUT2D eigenvalue weighted by atomic mass is 10.0. The van der Waals surface area contributed by atoms with Crippen LogP contribution in [0.4, 0.5) is 0 Å². The van der Waals surface area contributed by atoms with Crippen LogP contribution in [0.1, 0.15) is 367 Å². The molecule has 0 bridgehead atoms. The zero-order valence-electron chi connectivity index (χ0n) is 59.4. The van der Waals surface area contributed by atoms with E-state index in [1.54, 1.807) is 0 Å². The van der Waals surface area contributed by atoms with E-state index in [9.17, 15) is 19.0 Å². The van der Waals surface area contributed by atoms with Crippen molar-refractivity contribution in [3.63, 3.8) is 0 Å². The largest absolute Gasteiger partial charge is 0.472 e. The molecule has 9 nitrogen and oxygen atoms in total. The van der Waals surface area contributed by atoms with Gasteiger partial charge in [-0.2, -0.15) is 0 Å². The summed E-state index contributed by atoms with van der Waals surface area (Å²) in [6.45, 7) is 4.39. The molecule has 2 atom stereocenters. The predicted molar refractivity (Wildman–Crippen MR) is 386 cm³/mol. The van der Waals surface area contributed by atoms with Crippen LogP contribution in [0, 0.1) is 0 Å². The van der Waals surface area contributed by atoms with Crippen LogP contribution in [0.2, 0.25) is 0 Å². The molecule has 0 aliphatic rings. The van der Waals surface area contributed by atoms with Gasteiger partial charge in [-0.3, -0.25) is 18.6 Å². The Morgan fingerprint density at radius 2 is 0.640 bits per heavy atom. The number of allylic oxidation sites excluding steroid dienone is 12. The van der Waals surface area contributed by atoms with Crippen molar-refractivity contribution in [2.45, 2.75) is 373 Å². The van der Waals surface area contributed by atoms with E-state index in [0.717, 1.165) is 70.6 Å². The molecular weight excluding hydrogens is 1120 g/mol. The van der Waals surface area contributed by atoms with Crippen molar-refractivity contribution in [3.8, 4) is 0 Å². The molecule has 0 aliphatic carbocycles. The molecular formula is C79H147NO8P+. The Hall–Kier alpha value is -2.55. The number of hydrogen-bond acceptors (Lipinski definition) is 7. The Morgan fingerprint density at radius 1 is 0.360 bits per heavy atom. The van der Waals surface area contributed by atoms with Gasteiger partial charge in [0, 0.05) is 12.8 Å². The minimum Gasteiger partial charge on any atom is -0.462 e. The van der Waals surface area contributed by atoms with Crippen LogP contribution in [0.3, 0.4) is 0 Å². The maximum atomic E-state index is 12.9. The molecule has 0 aromatic heterocycles. The third-order valence-electron chi connectivity index (χ3n) is 17.0. The Bertz CT molecular complexity index is 1730. The molecule has 0 fully saturated rings. The number of likely N-dealkylation sites (N-methyl/N-ethyl adjacent to an activating group) is 1. The number of carbonyl (C=O) groups excluding carboxylic acids is 2. The standard InChI is InChI=1S/C79H146NO8P/c1-6-8-10-12-14-16-18-20-22-24-26-28-30-32-34-36-37-38-39-40-41-42-43-44-46-48-50-52-54-56-58-60-62-64-66-68-70-72-79(82)88-77(76-87-89(83,84)86-74-73-80(3,4)5)75-85-78(81)71-69-67-65-63-61-59-57-55-53-51-49-47-45-35-33-31-29-27-25-23-21-19-17-15-13-11-9-7-2/h8,10,14,16,20,22,26,28,32,34,37-38,77H,6-7,9,11-13,15,17-19,21,23-25,27,29-31,33,35-36,39-76H2,1-5H3/p+1/b10-8-,16-14-,22-20-,28-26-,34-32-,38-37-. The summed E-state index contributed by atoms with van der Waals surface area (Å²) in [6, 6.07) is 0. The summed E-state index contributed by atoms with van der Waals surface area (Å²) in [7, 11) is 1.49. The summed E-state index contributed by atoms with van der Waals surface area (Å²) in [5.41, 5.74) is 0. The Kier molecular flexibility index (Phi) is 67.8. The van der Waals surface area contributed by atoms with Crippen LogP contribution < -0.4 is 0 Å². The maximum absolute atomic E-state index is 12.9. The molecule has 0 aromatic carbocycles. The first-order valence-corrected chi connectivity index (χ1v) is 39.7. The lowest BCUT2D eigenvalue weighted by Gasteiger charge is -2.24. The molecule has 0 spiro atoms. The van der Waals surface area contributed by atoms with E-state index < -0.39 is 26.5 Å². The summed E-state index contributed by atoms with van der Waals surface area (Å²) in [5, 5.41) is 0. The summed E-state index contributed by atoms with van der Waals surface area (Å²) in [5.74, 6) is -0.777. The fourth-order valence-electron chi connectivity index (χ4n) is 11.2. The SMILES string of the molecule is CC/C=C\C/C=C\C/C=C\C/C=C\C/C=C\C/C=C\CCCCCCCCCCCCCCCCCCCCC(=O)OC(COC(=O)CCCCCCCCCCCCCCCCCCCCCCCCCCCCCC)COP(=O)(O)OCC[N+](C)(C)C. The molecule has 2 unspecified atom stereocenters. The van der Waals surface area contributed by atoms with Gasteiger partial charge in [-0.15, -0.1) is 0 Å². The first-order valence-electron chi connectivity index (χ1n) is 38.2. The fraction of sp³-hybridized carbons (Fsp3) is 0.823. The van der Waals surface area contributed by atoms with Crippen LogP contribution in [0.25, 0.3) is 0 Å². The van der Waals surface area contributed by atoms with Gasteiger partial charge in [-0.05, 0) is 64.2 Å². The van der Waals surface area contributed by atoms with Gasteiger partial charge in [-0.25, -0.2) is 4.57 Å². The normalized spacial score (nSPS) is 13.5. The van der Waals surface area contributed by atoms with Crippen molar-refractivity contribution in [2.24, 2.45) is 0 Å². The van der Waals surface area contributed by atoms with Crippen LogP contribution in [0.5, 0.6) is 0 Å². The zero-order valence-corrected chi connectivity index (χ0v) is 60.3. The molecule has 0 aliphatic heterocycles. The molecule has 0 aromatic rings. The van der Waals surface area contributed by atoms with E-state index in [0.29, 0.717) is 23.9 Å². The van der Waals surface area contributed by atoms with Crippen LogP contribution in [-0.4, -0.2) is 74.9 Å². The van der Waals surface area contributed by atoms with Crippen LogP contribution in [-0.2, 0) is 32.7 Å². The first kappa shape index (κ1) is 86.5. The second kappa shape index (κ2) is 69.8. The number of nitrogens with zero attached hydrogens (tertiary/aromatic N) is 1. The quantitative estimate of drug-likeness (QED) is 0.0211. The minimum atomic E-state index is -4.39. The monoisotopic (exact) mass is 1270 g/mol. The molecule has 0 heterocycles. The van der Waals surface area contributed by atoms with Crippen LogP contribution >= 0.6 is 7.82 Å². The van der Waals surface area contributed by atoms with Crippen molar-refractivity contribution < 1.29 is 42.1 Å². The molecule has 0 saturated heterocycles. The average molecular weight is 1270 g/mol. The molecule has 520 valence electrons. The van der Waals surface area contributed by atoms with Gasteiger partial charge in [0.15, 0.2) is 6.10 Å². The second-order valence-corrected chi connectivity index (χ2v) is 28.5. The summed E-state index contributed by atoms with van der Waals surface area (Å²) in [6.07, 6.45) is 94.6. The summed E-state index contributed by atoms with van der Waals surface area (Å²) in [4.78, 5) is 35.9. The van der Waals surface area contributed by atoms with Gasteiger partial charge in [0.2, 0.25) is 0 Å². The topological polar surface area (TPSA) is 108 Å². The lowest BCUT2D eigenvalue weighted by molar-refractivity contribution is -0.870. The number of unbranched alkanes of at least 4 members (excludes halogenated alkanes) is 45. The summed E-state index contributed by atoms with van der Waals surface area (Å²) >= 11 is 0. The van der Waals surface area contributed by atoms with E-state index in [1.165, 1.54) is 263 Å². The second-order valence-electron chi connectivity index (χ2n) is 27.0. The first-order chi connectivity index (χ1) is 43.5. The Morgan fingerprint density at radius 3 is 0.955 bits per heavy atom. The highest BCUT2D eigenvalue weighted by molar-refractivity contribution is 7.47. The highest BCUT2D eigenvalue weighted by atomic mass is 31.2. The van der Waals surface area contributed by atoms with Gasteiger partial charge in [0.1, 0.15) is 19.8 Å². The highest BCUT2D eigenvalue weighted by Crippen LogP contribution is 2.43. The number of phosphoric ester groups is 1.